The Hall–Kier alpha value is -1.50. The number of hydrogen-bond acceptors (Lipinski definition) is 6. The van der Waals surface area contributed by atoms with Gasteiger partial charge >= 0.3 is 5.97 Å². The third-order valence-electron chi connectivity index (χ3n) is 2.67. The summed E-state index contributed by atoms with van der Waals surface area (Å²) in [6.45, 7) is 7.56. The van der Waals surface area contributed by atoms with Crippen LogP contribution < -0.4 is 5.32 Å². The smallest absolute Gasteiger partial charge is 0.328 e. The second-order valence-corrected chi connectivity index (χ2v) is 5.61. The Balaban J connectivity index is 2.88. The molecular formula is C12H19N3O3S. The summed E-state index contributed by atoms with van der Waals surface area (Å²) >= 11 is 1.03. The Bertz CT molecular complexity index is 457. The number of amides is 1. The summed E-state index contributed by atoms with van der Waals surface area (Å²) in [5.74, 6) is -0.732. The fourth-order valence-corrected chi connectivity index (χ4v) is 2.29. The van der Waals surface area contributed by atoms with Gasteiger partial charge in [-0.25, -0.2) is 4.79 Å². The van der Waals surface area contributed by atoms with Gasteiger partial charge in [0.05, 0.1) is 12.8 Å². The SMILES string of the molecule is COC(=O)C(NC(=O)c1snnc1C(C)C)C(C)C. The van der Waals surface area contributed by atoms with Gasteiger partial charge in [0.15, 0.2) is 0 Å². The van der Waals surface area contributed by atoms with Crippen molar-refractivity contribution in [1.82, 2.24) is 14.9 Å². The van der Waals surface area contributed by atoms with Crippen molar-refractivity contribution in [3.05, 3.63) is 10.6 Å². The predicted molar refractivity (Wildman–Crippen MR) is 72.1 cm³/mol. The minimum Gasteiger partial charge on any atom is -0.467 e. The topological polar surface area (TPSA) is 81.2 Å². The van der Waals surface area contributed by atoms with Crippen molar-refractivity contribution in [3.63, 3.8) is 0 Å². The van der Waals surface area contributed by atoms with Gasteiger partial charge in [-0.2, -0.15) is 0 Å². The molecule has 1 amide bonds. The van der Waals surface area contributed by atoms with Crippen molar-refractivity contribution in [1.29, 1.82) is 0 Å². The molecule has 0 fully saturated rings. The number of esters is 1. The van der Waals surface area contributed by atoms with Crippen LogP contribution in [0.2, 0.25) is 0 Å². The highest BCUT2D eigenvalue weighted by molar-refractivity contribution is 7.08. The molecule has 106 valence electrons. The number of rotatable bonds is 5. The van der Waals surface area contributed by atoms with Crippen LogP contribution >= 0.6 is 11.5 Å². The molecule has 0 aliphatic heterocycles. The standard InChI is InChI=1S/C12H19N3O3S/c1-6(2)8-10(19-15-14-8)11(16)13-9(7(3)4)12(17)18-5/h6-7,9H,1-5H3,(H,13,16). The van der Waals surface area contributed by atoms with E-state index in [1.807, 2.05) is 27.7 Å². The van der Waals surface area contributed by atoms with Crippen molar-refractivity contribution < 1.29 is 14.3 Å². The number of nitrogens with one attached hydrogen (secondary N) is 1. The number of ether oxygens (including phenoxy) is 1. The van der Waals surface area contributed by atoms with Gasteiger partial charge in [0.2, 0.25) is 0 Å². The third kappa shape index (κ3) is 3.73. The van der Waals surface area contributed by atoms with Gasteiger partial charge in [0, 0.05) is 0 Å². The van der Waals surface area contributed by atoms with Gasteiger partial charge in [-0.05, 0) is 23.4 Å². The minimum absolute atomic E-state index is 0.0558. The Morgan fingerprint density at radius 3 is 2.37 bits per heavy atom. The lowest BCUT2D eigenvalue weighted by molar-refractivity contribution is -0.144. The van der Waals surface area contributed by atoms with E-state index >= 15 is 0 Å². The lowest BCUT2D eigenvalue weighted by Gasteiger charge is -2.19. The molecule has 0 aliphatic rings. The van der Waals surface area contributed by atoms with Crippen LogP contribution in [0.25, 0.3) is 0 Å². The molecule has 0 radical (unpaired) electrons. The molecule has 1 heterocycles. The van der Waals surface area contributed by atoms with Crippen LogP contribution in [0.3, 0.4) is 0 Å². The molecule has 0 aliphatic carbocycles. The van der Waals surface area contributed by atoms with Crippen molar-refractivity contribution >= 4 is 23.4 Å². The maximum Gasteiger partial charge on any atom is 0.328 e. The average Bonchev–Trinajstić information content (AvgIpc) is 2.83. The molecule has 1 aromatic heterocycles. The molecule has 1 N–H and O–H groups in total. The molecule has 7 heteroatoms. The van der Waals surface area contributed by atoms with Crippen LogP contribution in [-0.2, 0) is 9.53 Å². The molecule has 1 unspecified atom stereocenters. The van der Waals surface area contributed by atoms with Gasteiger partial charge in [-0.3, -0.25) is 4.79 Å². The molecule has 0 aromatic carbocycles. The van der Waals surface area contributed by atoms with Crippen LogP contribution in [0.4, 0.5) is 0 Å². The summed E-state index contributed by atoms with van der Waals surface area (Å²) in [5.41, 5.74) is 0.648. The van der Waals surface area contributed by atoms with E-state index in [0.717, 1.165) is 11.5 Å². The van der Waals surface area contributed by atoms with Gasteiger partial charge in [-0.15, -0.1) is 5.10 Å². The normalized spacial score (nSPS) is 12.6. The second-order valence-electron chi connectivity index (χ2n) is 4.86. The minimum atomic E-state index is -0.667. The first-order valence-corrected chi connectivity index (χ1v) is 6.86. The Labute approximate surface area is 116 Å². The maximum atomic E-state index is 12.2. The van der Waals surface area contributed by atoms with E-state index < -0.39 is 12.0 Å². The van der Waals surface area contributed by atoms with Gasteiger partial charge in [-0.1, -0.05) is 32.2 Å². The highest BCUT2D eigenvalue weighted by Crippen LogP contribution is 2.20. The van der Waals surface area contributed by atoms with E-state index in [2.05, 4.69) is 19.6 Å². The summed E-state index contributed by atoms with van der Waals surface area (Å²) in [5, 5.41) is 6.63. The Morgan fingerprint density at radius 2 is 1.89 bits per heavy atom. The first-order chi connectivity index (χ1) is 8.88. The summed E-state index contributed by atoms with van der Waals surface area (Å²) in [6.07, 6.45) is 0. The summed E-state index contributed by atoms with van der Waals surface area (Å²) in [7, 11) is 1.30. The van der Waals surface area contributed by atoms with Crippen molar-refractivity contribution in [2.45, 2.75) is 39.7 Å². The summed E-state index contributed by atoms with van der Waals surface area (Å²) in [4.78, 5) is 24.2. The predicted octanol–water partition coefficient (Wildman–Crippen LogP) is 1.59. The summed E-state index contributed by atoms with van der Waals surface area (Å²) < 4.78 is 8.48. The molecule has 1 aromatic rings. The Kier molecular flexibility index (Phi) is 5.41. The first-order valence-electron chi connectivity index (χ1n) is 6.09. The van der Waals surface area contributed by atoms with Crippen LogP contribution in [-0.4, -0.2) is 34.6 Å². The van der Waals surface area contributed by atoms with E-state index in [-0.39, 0.29) is 17.7 Å². The number of aromatic nitrogens is 2. The lowest BCUT2D eigenvalue weighted by Crippen LogP contribution is -2.45. The second kappa shape index (κ2) is 6.60. The van der Waals surface area contributed by atoms with Crippen molar-refractivity contribution in [3.8, 4) is 0 Å². The van der Waals surface area contributed by atoms with Crippen molar-refractivity contribution in [2.24, 2.45) is 5.92 Å². The number of carbonyl (C=O) groups excluding carboxylic acids is 2. The molecular weight excluding hydrogens is 266 g/mol. The van der Waals surface area contributed by atoms with Crippen molar-refractivity contribution in [2.75, 3.05) is 7.11 Å². The van der Waals surface area contributed by atoms with Crippen LogP contribution in [0.1, 0.15) is 49.0 Å². The fraction of sp³-hybridized carbons (Fsp3) is 0.667. The zero-order chi connectivity index (χ0) is 14.6. The lowest BCUT2D eigenvalue weighted by atomic mass is 10.0. The van der Waals surface area contributed by atoms with E-state index in [1.54, 1.807) is 0 Å². The molecule has 0 saturated carbocycles. The molecule has 0 bridgehead atoms. The molecule has 0 saturated heterocycles. The molecule has 1 atom stereocenters. The van der Waals surface area contributed by atoms with Gasteiger partial charge in [0.25, 0.3) is 5.91 Å². The van der Waals surface area contributed by atoms with Gasteiger partial charge < -0.3 is 10.1 Å². The number of nitrogens with zero attached hydrogens (tertiary/aromatic N) is 2. The fourth-order valence-electron chi connectivity index (χ4n) is 1.56. The van der Waals surface area contributed by atoms with Crippen LogP contribution in [0.15, 0.2) is 0 Å². The zero-order valence-corrected chi connectivity index (χ0v) is 12.6. The third-order valence-corrected chi connectivity index (χ3v) is 3.42. The highest BCUT2D eigenvalue weighted by atomic mass is 32.1. The largest absolute Gasteiger partial charge is 0.467 e. The number of carbonyl (C=O) groups is 2. The zero-order valence-electron chi connectivity index (χ0n) is 11.8. The van der Waals surface area contributed by atoms with E-state index in [1.165, 1.54) is 7.11 Å². The maximum absolute atomic E-state index is 12.2. The van der Waals surface area contributed by atoms with E-state index in [0.29, 0.717) is 10.6 Å². The van der Waals surface area contributed by atoms with Crippen LogP contribution in [0, 0.1) is 5.92 Å². The molecule has 19 heavy (non-hydrogen) atoms. The molecule has 1 rings (SSSR count). The number of hydrogen-bond donors (Lipinski definition) is 1. The summed E-state index contributed by atoms with van der Waals surface area (Å²) in [6, 6.07) is -0.667. The quantitative estimate of drug-likeness (QED) is 0.831. The molecule has 6 nitrogen and oxygen atoms in total. The molecule has 0 spiro atoms. The number of methoxy groups -OCH3 is 1. The highest BCUT2D eigenvalue weighted by Gasteiger charge is 2.27. The van der Waals surface area contributed by atoms with Crippen LogP contribution in [0.5, 0.6) is 0 Å². The first kappa shape index (κ1) is 15.6. The average molecular weight is 285 g/mol. The van der Waals surface area contributed by atoms with E-state index in [4.69, 9.17) is 0 Å². The monoisotopic (exact) mass is 285 g/mol. The van der Waals surface area contributed by atoms with Gasteiger partial charge in [0.1, 0.15) is 10.9 Å². The Morgan fingerprint density at radius 1 is 1.26 bits per heavy atom. The van der Waals surface area contributed by atoms with E-state index in [9.17, 15) is 9.59 Å².